The van der Waals surface area contributed by atoms with Crippen LogP contribution < -0.4 is 5.32 Å². The van der Waals surface area contributed by atoms with Gasteiger partial charge in [-0.25, -0.2) is 4.39 Å². The Bertz CT molecular complexity index is 496. The summed E-state index contributed by atoms with van der Waals surface area (Å²) in [4.78, 5) is 4.13. The number of aromatic nitrogens is 2. The zero-order chi connectivity index (χ0) is 11.5. The van der Waals surface area contributed by atoms with E-state index in [0.717, 1.165) is 0 Å². The van der Waals surface area contributed by atoms with E-state index in [9.17, 15) is 4.39 Å². The SMILES string of the molecule is CNCc1noc(-c2ccc(C)c(F)c2)n1. The van der Waals surface area contributed by atoms with Gasteiger partial charge in [0.15, 0.2) is 5.82 Å². The van der Waals surface area contributed by atoms with E-state index in [1.807, 2.05) is 0 Å². The minimum atomic E-state index is -0.272. The summed E-state index contributed by atoms with van der Waals surface area (Å²) in [7, 11) is 1.79. The molecule has 0 spiro atoms. The highest BCUT2D eigenvalue weighted by Gasteiger charge is 2.09. The molecule has 0 amide bonds. The smallest absolute Gasteiger partial charge is 0.258 e. The monoisotopic (exact) mass is 221 g/mol. The van der Waals surface area contributed by atoms with E-state index >= 15 is 0 Å². The maximum absolute atomic E-state index is 13.3. The fourth-order valence-corrected chi connectivity index (χ4v) is 1.33. The van der Waals surface area contributed by atoms with Gasteiger partial charge in [0.25, 0.3) is 5.89 Å². The third-order valence-electron chi connectivity index (χ3n) is 2.22. The maximum Gasteiger partial charge on any atom is 0.258 e. The molecule has 2 rings (SSSR count). The maximum atomic E-state index is 13.3. The molecule has 4 nitrogen and oxygen atoms in total. The topological polar surface area (TPSA) is 51.0 Å². The molecule has 0 unspecified atom stereocenters. The molecule has 0 bridgehead atoms. The van der Waals surface area contributed by atoms with E-state index in [-0.39, 0.29) is 5.82 Å². The van der Waals surface area contributed by atoms with Gasteiger partial charge in [-0.15, -0.1) is 0 Å². The molecule has 16 heavy (non-hydrogen) atoms. The molecule has 0 saturated carbocycles. The van der Waals surface area contributed by atoms with E-state index < -0.39 is 0 Å². The fourth-order valence-electron chi connectivity index (χ4n) is 1.33. The molecule has 2 aromatic rings. The third kappa shape index (κ3) is 2.09. The largest absolute Gasteiger partial charge is 0.334 e. The highest BCUT2D eigenvalue weighted by Crippen LogP contribution is 2.19. The molecule has 5 heteroatoms. The van der Waals surface area contributed by atoms with Gasteiger partial charge in [0.1, 0.15) is 5.82 Å². The van der Waals surface area contributed by atoms with Crippen LogP contribution in [0.1, 0.15) is 11.4 Å². The highest BCUT2D eigenvalue weighted by molar-refractivity contribution is 5.53. The Morgan fingerprint density at radius 1 is 1.44 bits per heavy atom. The number of benzene rings is 1. The quantitative estimate of drug-likeness (QED) is 0.860. The fraction of sp³-hybridized carbons (Fsp3) is 0.273. The average Bonchev–Trinajstić information content (AvgIpc) is 2.71. The molecular formula is C11H12FN3O. The highest BCUT2D eigenvalue weighted by atomic mass is 19.1. The van der Waals surface area contributed by atoms with Crippen molar-refractivity contribution in [3.05, 3.63) is 35.4 Å². The summed E-state index contributed by atoms with van der Waals surface area (Å²) in [6.45, 7) is 2.23. The Labute approximate surface area is 92.5 Å². The van der Waals surface area contributed by atoms with E-state index in [2.05, 4.69) is 15.5 Å². The lowest BCUT2D eigenvalue weighted by molar-refractivity contribution is 0.420. The van der Waals surface area contributed by atoms with Crippen LogP contribution in [0.2, 0.25) is 0 Å². The van der Waals surface area contributed by atoms with Gasteiger partial charge in [-0.2, -0.15) is 4.98 Å². The summed E-state index contributed by atoms with van der Waals surface area (Å²) < 4.78 is 18.3. The van der Waals surface area contributed by atoms with E-state index in [0.29, 0.717) is 29.4 Å². The molecule has 0 aliphatic rings. The van der Waals surface area contributed by atoms with Crippen LogP contribution in [0.5, 0.6) is 0 Å². The Morgan fingerprint density at radius 2 is 2.25 bits per heavy atom. The van der Waals surface area contributed by atoms with Crippen molar-refractivity contribution in [2.75, 3.05) is 7.05 Å². The Morgan fingerprint density at radius 3 is 2.94 bits per heavy atom. The number of aryl methyl sites for hydroxylation is 1. The number of halogens is 1. The number of nitrogens with one attached hydrogen (secondary N) is 1. The first kappa shape index (κ1) is 10.8. The first-order valence-electron chi connectivity index (χ1n) is 4.94. The molecule has 84 valence electrons. The van der Waals surface area contributed by atoms with Crippen LogP contribution >= 0.6 is 0 Å². The van der Waals surface area contributed by atoms with Crippen molar-refractivity contribution in [3.8, 4) is 11.5 Å². The Hall–Kier alpha value is -1.75. The Kier molecular flexibility index (Phi) is 2.96. The summed E-state index contributed by atoms with van der Waals surface area (Å²) in [6, 6.07) is 4.84. The molecule has 0 radical (unpaired) electrons. The minimum Gasteiger partial charge on any atom is -0.334 e. The lowest BCUT2D eigenvalue weighted by Crippen LogP contribution is -2.06. The van der Waals surface area contributed by atoms with Crippen LogP contribution in [0.15, 0.2) is 22.7 Å². The van der Waals surface area contributed by atoms with Gasteiger partial charge in [-0.05, 0) is 31.7 Å². The standard InChI is InChI=1S/C11H12FN3O/c1-7-3-4-8(5-9(7)12)11-14-10(6-13-2)15-16-11/h3-5,13H,6H2,1-2H3. The van der Waals surface area contributed by atoms with Gasteiger partial charge in [-0.1, -0.05) is 11.2 Å². The van der Waals surface area contributed by atoms with E-state index in [1.54, 1.807) is 26.1 Å². The van der Waals surface area contributed by atoms with Gasteiger partial charge < -0.3 is 9.84 Å². The van der Waals surface area contributed by atoms with Gasteiger partial charge >= 0.3 is 0 Å². The minimum absolute atomic E-state index is 0.272. The van der Waals surface area contributed by atoms with Crippen molar-refractivity contribution >= 4 is 0 Å². The third-order valence-corrected chi connectivity index (χ3v) is 2.22. The van der Waals surface area contributed by atoms with Gasteiger partial charge in [0.05, 0.1) is 6.54 Å². The van der Waals surface area contributed by atoms with E-state index in [1.165, 1.54) is 6.07 Å². The van der Waals surface area contributed by atoms with Crippen molar-refractivity contribution in [2.45, 2.75) is 13.5 Å². The molecule has 1 heterocycles. The molecule has 0 fully saturated rings. The van der Waals surface area contributed by atoms with Crippen LogP contribution in [0.25, 0.3) is 11.5 Å². The van der Waals surface area contributed by atoms with Crippen molar-refractivity contribution in [1.82, 2.24) is 15.5 Å². The van der Waals surface area contributed by atoms with Gasteiger partial charge in [-0.3, -0.25) is 0 Å². The predicted octanol–water partition coefficient (Wildman–Crippen LogP) is 1.90. The van der Waals surface area contributed by atoms with Crippen molar-refractivity contribution < 1.29 is 8.91 Å². The first-order chi connectivity index (χ1) is 7.70. The molecule has 0 aliphatic carbocycles. The summed E-state index contributed by atoms with van der Waals surface area (Å²) in [5.41, 5.74) is 1.19. The van der Waals surface area contributed by atoms with Crippen LogP contribution in [0.4, 0.5) is 4.39 Å². The molecule has 0 saturated heterocycles. The second-order valence-electron chi connectivity index (χ2n) is 3.51. The Balaban J connectivity index is 2.31. The second-order valence-corrected chi connectivity index (χ2v) is 3.51. The van der Waals surface area contributed by atoms with Crippen LogP contribution in [-0.4, -0.2) is 17.2 Å². The van der Waals surface area contributed by atoms with Gasteiger partial charge in [0, 0.05) is 5.56 Å². The molecular weight excluding hydrogens is 209 g/mol. The lowest BCUT2D eigenvalue weighted by atomic mass is 10.1. The first-order valence-corrected chi connectivity index (χ1v) is 4.94. The number of rotatable bonds is 3. The molecule has 1 aromatic carbocycles. The number of hydrogen-bond acceptors (Lipinski definition) is 4. The van der Waals surface area contributed by atoms with E-state index in [4.69, 9.17) is 4.52 Å². The van der Waals surface area contributed by atoms with Crippen molar-refractivity contribution in [1.29, 1.82) is 0 Å². The molecule has 0 atom stereocenters. The number of nitrogens with zero attached hydrogens (tertiary/aromatic N) is 2. The summed E-state index contributed by atoms with van der Waals surface area (Å²) >= 11 is 0. The van der Waals surface area contributed by atoms with Crippen LogP contribution in [0.3, 0.4) is 0 Å². The summed E-state index contributed by atoms with van der Waals surface area (Å²) in [6.07, 6.45) is 0. The second kappa shape index (κ2) is 4.40. The molecule has 1 aromatic heterocycles. The van der Waals surface area contributed by atoms with Crippen LogP contribution in [0, 0.1) is 12.7 Å². The molecule has 1 N–H and O–H groups in total. The summed E-state index contributed by atoms with van der Waals surface area (Å²) in [5.74, 6) is 0.619. The zero-order valence-electron chi connectivity index (χ0n) is 9.12. The summed E-state index contributed by atoms with van der Waals surface area (Å²) in [5, 5.41) is 6.67. The van der Waals surface area contributed by atoms with Crippen molar-refractivity contribution in [3.63, 3.8) is 0 Å². The van der Waals surface area contributed by atoms with Gasteiger partial charge in [0.2, 0.25) is 0 Å². The zero-order valence-corrected chi connectivity index (χ0v) is 9.12. The average molecular weight is 221 g/mol. The molecule has 0 aliphatic heterocycles. The van der Waals surface area contributed by atoms with Crippen molar-refractivity contribution in [2.24, 2.45) is 0 Å². The normalized spacial score (nSPS) is 10.7. The number of hydrogen-bond donors (Lipinski definition) is 1. The van der Waals surface area contributed by atoms with Crippen LogP contribution in [-0.2, 0) is 6.54 Å². The predicted molar refractivity (Wildman–Crippen MR) is 57.2 cm³/mol. The lowest BCUT2D eigenvalue weighted by Gasteiger charge is -1.97.